The Morgan fingerprint density at radius 2 is 2.05 bits per heavy atom. The van der Waals surface area contributed by atoms with Crippen molar-refractivity contribution in [3.8, 4) is 0 Å². The Morgan fingerprint density at radius 1 is 1.32 bits per heavy atom. The maximum absolute atomic E-state index is 11.7. The van der Waals surface area contributed by atoms with Crippen LogP contribution in [-0.2, 0) is 9.53 Å². The van der Waals surface area contributed by atoms with Crippen molar-refractivity contribution in [1.82, 2.24) is 10.6 Å². The summed E-state index contributed by atoms with van der Waals surface area (Å²) in [5, 5.41) is 6.35. The molecule has 19 heavy (non-hydrogen) atoms. The third kappa shape index (κ3) is 9.00. The van der Waals surface area contributed by atoms with Crippen LogP contribution in [0.5, 0.6) is 0 Å². The number of unbranched alkanes of at least 4 members (excludes halogenated alkanes) is 1. The van der Waals surface area contributed by atoms with Crippen LogP contribution in [-0.4, -0.2) is 38.3 Å². The van der Waals surface area contributed by atoms with Gasteiger partial charge < -0.3 is 15.4 Å². The molecule has 0 unspecified atom stereocenters. The lowest BCUT2D eigenvalue weighted by Crippen LogP contribution is -2.29. The van der Waals surface area contributed by atoms with Crippen LogP contribution >= 0.6 is 0 Å². The lowest BCUT2D eigenvalue weighted by molar-refractivity contribution is -0.121. The molecule has 0 saturated carbocycles. The maximum atomic E-state index is 11.7. The van der Waals surface area contributed by atoms with Crippen molar-refractivity contribution in [2.24, 2.45) is 5.92 Å². The third-order valence-electron chi connectivity index (χ3n) is 3.58. The Labute approximate surface area is 117 Å². The summed E-state index contributed by atoms with van der Waals surface area (Å²) in [4.78, 5) is 11.7. The molecular weight excluding hydrogens is 240 g/mol. The second-order valence-corrected chi connectivity index (χ2v) is 5.71. The minimum Gasteiger partial charge on any atom is -0.379 e. The number of rotatable bonds is 9. The molecule has 0 aromatic carbocycles. The molecule has 112 valence electrons. The smallest absolute Gasteiger partial charge is 0.220 e. The van der Waals surface area contributed by atoms with Gasteiger partial charge in [-0.1, -0.05) is 0 Å². The first kappa shape index (κ1) is 16.4. The summed E-state index contributed by atoms with van der Waals surface area (Å²) in [6.45, 7) is 7.89. The molecule has 0 aliphatic carbocycles. The van der Waals surface area contributed by atoms with Gasteiger partial charge in [0.1, 0.15) is 0 Å². The van der Waals surface area contributed by atoms with Gasteiger partial charge in [-0.15, -0.1) is 0 Å². The lowest BCUT2D eigenvalue weighted by atomic mass is 9.93. The summed E-state index contributed by atoms with van der Waals surface area (Å²) in [6, 6.07) is 0. The van der Waals surface area contributed by atoms with Crippen LogP contribution in [0.3, 0.4) is 0 Å². The molecule has 2 N–H and O–H groups in total. The minimum absolute atomic E-state index is 0.211. The third-order valence-corrected chi connectivity index (χ3v) is 3.58. The summed E-state index contributed by atoms with van der Waals surface area (Å²) in [7, 11) is 0. The Morgan fingerprint density at radius 3 is 2.74 bits per heavy atom. The Hall–Kier alpha value is -0.610. The van der Waals surface area contributed by atoms with E-state index in [9.17, 15) is 4.79 Å². The molecule has 4 heteroatoms. The number of piperidine rings is 1. The van der Waals surface area contributed by atoms with Crippen LogP contribution in [0.1, 0.15) is 52.4 Å². The fourth-order valence-electron chi connectivity index (χ4n) is 2.37. The van der Waals surface area contributed by atoms with Crippen molar-refractivity contribution in [3.63, 3.8) is 0 Å². The van der Waals surface area contributed by atoms with E-state index in [0.717, 1.165) is 51.4 Å². The van der Waals surface area contributed by atoms with Crippen molar-refractivity contribution >= 4 is 5.91 Å². The zero-order chi connectivity index (χ0) is 13.9. The van der Waals surface area contributed by atoms with Crippen LogP contribution < -0.4 is 10.6 Å². The topological polar surface area (TPSA) is 50.4 Å². The van der Waals surface area contributed by atoms with E-state index in [4.69, 9.17) is 4.74 Å². The van der Waals surface area contributed by atoms with Crippen molar-refractivity contribution in [2.45, 2.75) is 58.5 Å². The van der Waals surface area contributed by atoms with Gasteiger partial charge in [-0.2, -0.15) is 0 Å². The SMILES string of the molecule is CC(C)OCCCCNC(=O)CCC1CCNCC1. The number of carbonyl (C=O) groups excluding carboxylic acids is 1. The van der Waals surface area contributed by atoms with E-state index in [0.29, 0.717) is 12.5 Å². The van der Waals surface area contributed by atoms with Gasteiger partial charge in [-0.3, -0.25) is 4.79 Å². The molecule has 0 atom stereocenters. The number of carbonyl (C=O) groups is 1. The van der Waals surface area contributed by atoms with E-state index in [1.165, 1.54) is 12.8 Å². The van der Waals surface area contributed by atoms with Gasteiger partial charge in [0.15, 0.2) is 0 Å². The molecule has 0 spiro atoms. The quantitative estimate of drug-likeness (QED) is 0.631. The molecule has 1 heterocycles. The zero-order valence-corrected chi connectivity index (χ0v) is 12.5. The number of amides is 1. The van der Waals surface area contributed by atoms with Gasteiger partial charge in [-0.05, 0) is 65.0 Å². The second kappa shape index (κ2) is 10.2. The zero-order valence-electron chi connectivity index (χ0n) is 12.5. The molecule has 1 rings (SSSR count). The highest BCUT2D eigenvalue weighted by Crippen LogP contribution is 2.17. The Kier molecular flexibility index (Phi) is 8.84. The van der Waals surface area contributed by atoms with Crippen molar-refractivity contribution < 1.29 is 9.53 Å². The van der Waals surface area contributed by atoms with Crippen LogP contribution in [0, 0.1) is 5.92 Å². The van der Waals surface area contributed by atoms with Gasteiger partial charge in [0.25, 0.3) is 0 Å². The van der Waals surface area contributed by atoms with E-state index in [2.05, 4.69) is 10.6 Å². The lowest BCUT2D eigenvalue weighted by Gasteiger charge is -2.22. The molecule has 1 amide bonds. The molecule has 1 aliphatic heterocycles. The van der Waals surface area contributed by atoms with Crippen LogP contribution in [0.25, 0.3) is 0 Å². The minimum atomic E-state index is 0.211. The first-order chi connectivity index (χ1) is 9.18. The Balaban J connectivity index is 1.90. The average Bonchev–Trinajstić information content (AvgIpc) is 2.41. The van der Waals surface area contributed by atoms with Crippen LogP contribution in [0.4, 0.5) is 0 Å². The molecule has 4 nitrogen and oxygen atoms in total. The van der Waals surface area contributed by atoms with Gasteiger partial charge in [0.2, 0.25) is 5.91 Å². The molecule has 0 radical (unpaired) electrons. The molecular formula is C15H30N2O2. The summed E-state index contributed by atoms with van der Waals surface area (Å²) in [5.74, 6) is 0.953. The predicted octanol–water partition coefficient (Wildman–Crippen LogP) is 2.09. The molecule has 1 aliphatic rings. The van der Waals surface area contributed by atoms with E-state index in [-0.39, 0.29) is 5.91 Å². The summed E-state index contributed by atoms with van der Waals surface area (Å²) in [6.07, 6.45) is 6.51. The van der Waals surface area contributed by atoms with Crippen molar-refractivity contribution in [2.75, 3.05) is 26.2 Å². The molecule has 0 aromatic rings. The monoisotopic (exact) mass is 270 g/mol. The van der Waals surface area contributed by atoms with Crippen molar-refractivity contribution in [3.05, 3.63) is 0 Å². The average molecular weight is 270 g/mol. The normalized spacial score (nSPS) is 16.8. The summed E-state index contributed by atoms with van der Waals surface area (Å²) >= 11 is 0. The summed E-state index contributed by atoms with van der Waals surface area (Å²) in [5.41, 5.74) is 0. The highest BCUT2D eigenvalue weighted by Gasteiger charge is 2.14. The van der Waals surface area contributed by atoms with Crippen molar-refractivity contribution in [1.29, 1.82) is 0 Å². The predicted molar refractivity (Wildman–Crippen MR) is 78.2 cm³/mol. The van der Waals surface area contributed by atoms with Gasteiger partial charge >= 0.3 is 0 Å². The first-order valence-corrected chi connectivity index (χ1v) is 7.77. The fourth-order valence-corrected chi connectivity index (χ4v) is 2.37. The molecule has 1 fully saturated rings. The largest absolute Gasteiger partial charge is 0.379 e. The van der Waals surface area contributed by atoms with Gasteiger partial charge in [0, 0.05) is 19.6 Å². The van der Waals surface area contributed by atoms with E-state index < -0.39 is 0 Å². The standard InChI is InChI=1S/C15H30N2O2/c1-13(2)19-12-4-3-9-17-15(18)6-5-14-7-10-16-11-8-14/h13-14,16H,3-12H2,1-2H3,(H,17,18). The van der Waals surface area contributed by atoms with Crippen LogP contribution in [0.15, 0.2) is 0 Å². The maximum Gasteiger partial charge on any atom is 0.220 e. The number of nitrogens with one attached hydrogen (secondary N) is 2. The highest BCUT2D eigenvalue weighted by atomic mass is 16.5. The van der Waals surface area contributed by atoms with E-state index in [1.807, 2.05) is 13.8 Å². The van der Waals surface area contributed by atoms with Crippen LogP contribution in [0.2, 0.25) is 0 Å². The summed E-state index contributed by atoms with van der Waals surface area (Å²) < 4.78 is 5.46. The molecule has 0 bridgehead atoms. The molecule has 1 saturated heterocycles. The second-order valence-electron chi connectivity index (χ2n) is 5.71. The fraction of sp³-hybridized carbons (Fsp3) is 0.933. The van der Waals surface area contributed by atoms with Gasteiger partial charge in [0.05, 0.1) is 6.10 Å². The number of hydrogen-bond donors (Lipinski definition) is 2. The number of hydrogen-bond acceptors (Lipinski definition) is 3. The van der Waals surface area contributed by atoms with Gasteiger partial charge in [-0.25, -0.2) is 0 Å². The number of ether oxygens (including phenoxy) is 1. The first-order valence-electron chi connectivity index (χ1n) is 7.77. The highest BCUT2D eigenvalue weighted by molar-refractivity contribution is 5.75. The Bertz CT molecular complexity index is 238. The van der Waals surface area contributed by atoms with E-state index >= 15 is 0 Å². The van der Waals surface area contributed by atoms with E-state index in [1.54, 1.807) is 0 Å². The molecule has 0 aromatic heterocycles.